The zero-order valence-electron chi connectivity index (χ0n) is 3.70. The molecule has 0 aromatic heterocycles. The normalized spacial score (nSPS) is 37.5. The van der Waals surface area contributed by atoms with E-state index in [-0.39, 0.29) is 0 Å². The van der Waals surface area contributed by atoms with E-state index in [1.54, 1.807) is 0 Å². The maximum absolute atomic E-state index is 11.2. The Balaban J connectivity index is 2.58. The Morgan fingerprint density at radius 3 is 1.88 bits per heavy atom. The summed E-state index contributed by atoms with van der Waals surface area (Å²) in [5, 5.41) is 8.12. The third-order valence-electron chi connectivity index (χ3n) is 0.861. The molecule has 1 fully saturated rings. The van der Waals surface area contributed by atoms with Crippen LogP contribution in [0.15, 0.2) is 0 Å². The van der Waals surface area contributed by atoms with Crippen LogP contribution in [0.4, 0.5) is 13.2 Å². The van der Waals surface area contributed by atoms with Gasteiger partial charge in [-0.1, -0.05) is 0 Å². The van der Waals surface area contributed by atoms with Crippen molar-refractivity contribution in [3.63, 3.8) is 0 Å². The number of alkyl halides is 3. The highest BCUT2D eigenvalue weighted by Gasteiger charge is 2.65. The van der Waals surface area contributed by atoms with Gasteiger partial charge in [-0.2, -0.15) is 13.2 Å². The Morgan fingerprint density at radius 1 is 1.50 bits per heavy atom. The van der Waals surface area contributed by atoms with Gasteiger partial charge in [-0.3, -0.25) is 0 Å². The predicted molar refractivity (Wildman–Crippen MR) is 17.0 cm³/mol. The van der Waals surface area contributed by atoms with Crippen LogP contribution in [0, 0.1) is 0 Å². The molecule has 1 aliphatic heterocycles. The lowest BCUT2D eigenvalue weighted by molar-refractivity contribution is -0.252. The van der Waals surface area contributed by atoms with Gasteiger partial charge in [-0.25, -0.2) is 0 Å². The fourth-order valence-corrected chi connectivity index (χ4v) is 0.232. The summed E-state index contributed by atoms with van der Waals surface area (Å²) in [7, 11) is 0. The highest BCUT2D eigenvalue weighted by atomic mass is 19.4. The van der Waals surface area contributed by atoms with Crippen molar-refractivity contribution >= 4 is 0 Å². The van der Waals surface area contributed by atoms with E-state index in [0.29, 0.717) is 0 Å². The number of hydrogen-bond donors (Lipinski definition) is 1. The molecule has 0 saturated carbocycles. The number of ether oxygens (including phenoxy) is 1. The van der Waals surface area contributed by atoms with Crippen molar-refractivity contribution in [1.82, 2.24) is 0 Å². The van der Waals surface area contributed by atoms with E-state index >= 15 is 0 Å². The van der Waals surface area contributed by atoms with E-state index in [1.165, 1.54) is 0 Å². The van der Waals surface area contributed by atoms with Crippen LogP contribution in [0.5, 0.6) is 0 Å². The topological polar surface area (TPSA) is 32.8 Å². The van der Waals surface area contributed by atoms with Crippen molar-refractivity contribution in [2.75, 3.05) is 6.61 Å². The fourth-order valence-electron chi connectivity index (χ4n) is 0.232. The molecular formula is C3H3F3O2. The second-order valence-corrected chi connectivity index (χ2v) is 1.57. The summed E-state index contributed by atoms with van der Waals surface area (Å²) in [4.78, 5) is 0. The minimum atomic E-state index is -4.62. The molecule has 0 aliphatic carbocycles. The molecule has 1 saturated heterocycles. The molecule has 1 unspecified atom stereocenters. The van der Waals surface area contributed by atoms with Crippen LogP contribution in [0.2, 0.25) is 0 Å². The molecular weight excluding hydrogens is 125 g/mol. The van der Waals surface area contributed by atoms with Crippen LogP contribution in [0.3, 0.4) is 0 Å². The number of aliphatic hydroxyl groups is 1. The number of rotatable bonds is 0. The van der Waals surface area contributed by atoms with E-state index in [0.717, 1.165) is 0 Å². The molecule has 1 heterocycles. The molecule has 1 N–H and O–H groups in total. The van der Waals surface area contributed by atoms with Crippen molar-refractivity contribution in [2.45, 2.75) is 12.0 Å². The fraction of sp³-hybridized carbons (Fsp3) is 1.00. The molecule has 1 aliphatic rings. The van der Waals surface area contributed by atoms with E-state index in [1.807, 2.05) is 0 Å². The predicted octanol–water partition coefficient (Wildman–Crippen LogP) is 0.268. The third-order valence-corrected chi connectivity index (χ3v) is 0.861. The van der Waals surface area contributed by atoms with Gasteiger partial charge < -0.3 is 9.84 Å². The van der Waals surface area contributed by atoms with Gasteiger partial charge in [0.05, 0.1) is 0 Å². The third kappa shape index (κ3) is 0.674. The highest BCUT2D eigenvalue weighted by Crippen LogP contribution is 2.40. The van der Waals surface area contributed by atoms with Crippen molar-refractivity contribution in [1.29, 1.82) is 0 Å². The van der Waals surface area contributed by atoms with Crippen LogP contribution in [-0.4, -0.2) is 23.7 Å². The number of halogens is 3. The molecule has 1 rings (SSSR count). The van der Waals surface area contributed by atoms with Gasteiger partial charge in [0, 0.05) is 0 Å². The molecule has 0 aromatic rings. The van der Waals surface area contributed by atoms with E-state index in [2.05, 4.69) is 4.74 Å². The summed E-state index contributed by atoms with van der Waals surface area (Å²) in [5.74, 6) is -2.81. The van der Waals surface area contributed by atoms with Crippen molar-refractivity contribution in [2.24, 2.45) is 0 Å². The Kier molecular flexibility index (Phi) is 0.850. The molecule has 0 radical (unpaired) electrons. The largest absolute Gasteiger partial charge is 0.445 e. The molecule has 48 valence electrons. The van der Waals surface area contributed by atoms with Gasteiger partial charge >= 0.3 is 6.18 Å². The van der Waals surface area contributed by atoms with Gasteiger partial charge in [0.25, 0.3) is 5.79 Å². The summed E-state index contributed by atoms with van der Waals surface area (Å²) in [6.07, 6.45) is -4.62. The summed E-state index contributed by atoms with van der Waals surface area (Å²) in [6, 6.07) is 0. The Hall–Kier alpha value is -0.290. The van der Waals surface area contributed by atoms with Gasteiger partial charge in [0.1, 0.15) is 6.61 Å². The molecule has 0 bridgehead atoms. The summed E-state index contributed by atoms with van der Waals surface area (Å²) in [5.41, 5.74) is 0. The molecule has 2 nitrogen and oxygen atoms in total. The molecule has 0 aromatic carbocycles. The zero-order chi connectivity index (χ0) is 6.41. The lowest BCUT2D eigenvalue weighted by atomic mass is 10.4. The molecule has 5 heteroatoms. The van der Waals surface area contributed by atoms with Crippen molar-refractivity contribution in [3.8, 4) is 0 Å². The standard InChI is InChI=1S/C3H3F3O2/c4-3(5,6)2(7)1-8-2/h7H,1H2. The van der Waals surface area contributed by atoms with E-state index in [9.17, 15) is 13.2 Å². The van der Waals surface area contributed by atoms with Crippen molar-refractivity contribution < 1.29 is 23.0 Å². The lowest BCUT2D eigenvalue weighted by Gasteiger charge is -2.06. The van der Waals surface area contributed by atoms with Crippen LogP contribution >= 0.6 is 0 Å². The number of hydrogen-bond acceptors (Lipinski definition) is 2. The molecule has 1 atom stereocenters. The Bertz CT molecular complexity index is 100. The zero-order valence-corrected chi connectivity index (χ0v) is 3.70. The van der Waals surface area contributed by atoms with Gasteiger partial charge in [-0.15, -0.1) is 0 Å². The minimum Gasteiger partial charge on any atom is -0.357 e. The first-order valence-electron chi connectivity index (χ1n) is 1.89. The first kappa shape index (κ1) is 5.84. The smallest absolute Gasteiger partial charge is 0.357 e. The van der Waals surface area contributed by atoms with Gasteiger partial charge in [0.2, 0.25) is 0 Å². The second kappa shape index (κ2) is 1.16. The Labute approximate surface area is 42.9 Å². The average Bonchev–Trinajstić information content (AvgIpc) is 2.16. The first-order valence-corrected chi connectivity index (χ1v) is 1.89. The van der Waals surface area contributed by atoms with Crippen molar-refractivity contribution in [3.05, 3.63) is 0 Å². The van der Waals surface area contributed by atoms with Crippen LogP contribution in [0.25, 0.3) is 0 Å². The van der Waals surface area contributed by atoms with Crippen LogP contribution in [0.1, 0.15) is 0 Å². The molecule has 8 heavy (non-hydrogen) atoms. The monoisotopic (exact) mass is 128 g/mol. The van der Waals surface area contributed by atoms with Gasteiger partial charge in [-0.05, 0) is 0 Å². The quantitative estimate of drug-likeness (QED) is 0.475. The summed E-state index contributed by atoms with van der Waals surface area (Å²) in [6.45, 7) is -0.628. The molecule has 0 spiro atoms. The Morgan fingerprint density at radius 2 is 1.88 bits per heavy atom. The maximum Gasteiger partial charge on any atom is 0.445 e. The van der Waals surface area contributed by atoms with E-state index < -0.39 is 18.6 Å². The first-order chi connectivity index (χ1) is 3.46. The number of epoxide rings is 1. The maximum atomic E-state index is 11.2. The van der Waals surface area contributed by atoms with Crippen LogP contribution < -0.4 is 0 Å². The highest BCUT2D eigenvalue weighted by molar-refractivity contribution is 4.86. The summed E-state index contributed by atoms with van der Waals surface area (Å²) < 4.78 is 37.4. The van der Waals surface area contributed by atoms with Gasteiger partial charge in [0.15, 0.2) is 0 Å². The second-order valence-electron chi connectivity index (χ2n) is 1.57. The average molecular weight is 128 g/mol. The molecule has 0 amide bonds. The SMILES string of the molecule is OC1(C(F)(F)F)CO1. The lowest BCUT2D eigenvalue weighted by Crippen LogP contribution is -2.31. The van der Waals surface area contributed by atoms with E-state index in [4.69, 9.17) is 5.11 Å². The van der Waals surface area contributed by atoms with Crippen LogP contribution in [-0.2, 0) is 4.74 Å². The summed E-state index contributed by atoms with van der Waals surface area (Å²) >= 11 is 0. The minimum absolute atomic E-state index is 0.628.